The average molecular weight is 443 g/mol. The molecule has 0 amide bonds. The number of aromatic nitrogens is 4. The van der Waals surface area contributed by atoms with Crippen molar-refractivity contribution in [1.82, 2.24) is 19.3 Å². The quantitative estimate of drug-likeness (QED) is 0.326. The van der Waals surface area contributed by atoms with Gasteiger partial charge in [-0.2, -0.15) is 0 Å². The molecule has 1 saturated carbocycles. The predicted octanol–water partition coefficient (Wildman–Crippen LogP) is 5.46. The van der Waals surface area contributed by atoms with E-state index in [1.165, 1.54) is 30.2 Å². The molecule has 5 nitrogen and oxygen atoms in total. The number of benzene rings is 1. The van der Waals surface area contributed by atoms with Gasteiger partial charge in [-0.15, -0.1) is 10.2 Å². The van der Waals surface area contributed by atoms with Crippen LogP contribution < -0.4 is 0 Å². The number of carbonyl (C=O) groups excluding carboxylic acids is 1. The first-order valence-corrected chi connectivity index (χ1v) is 11.8. The smallest absolute Gasteiger partial charge is 0.191 e. The van der Waals surface area contributed by atoms with Gasteiger partial charge >= 0.3 is 0 Å². The summed E-state index contributed by atoms with van der Waals surface area (Å²) < 4.78 is 4.39. The highest BCUT2D eigenvalue weighted by atomic mass is 35.5. The number of nitrogens with zero attached hydrogens (tertiary/aromatic N) is 4. The lowest BCUT2D eigenvalue weighted by molar-refractivity contribution is 0.102. The minimum absolute atomic E-state index is 0.143. The number of halogens is 1. The van der Waals surface area contributed by atoms with Gasteiger partial charge in [-0.25, -0.2) is 0 Å². The van der Waals surface area contributed by atoms with E-state index in [2.05, 4.69) is 45.3 Å². The Balaban J connectivity index is 1.42. The Bertz CT molecular complexity index is 1050. The third kappa shape index (κ3) is 4.49. The zero-order chi connectivity index (χ0) is 21.3. The minimum atomic E-state index is 0.143. The molecule has 0 aliphatic heterocycles. The molecule has 2 heterocycles. The molecule has 4 rings (SSSR count). The van der Waals surface area contributed by atoms with Gasteiger partial charge in [0.15, 0.2) is 10.9 Å². The van der Waals surface area contributed by atoms with Crippen molar-refractivity contribution < 1.29 is 4.79 Å². The van der Waals surface area contributed by atoms with E-state index in [0.717, 1.165) is 52.5 Å². The zero-order valence-electron chi connectivity index (χ0n) is 17.7. The van der Waals surface area contributed by atoms with E-state index < -0.39 is 0 Å². The third-order valence-corrected chi connectivity index (χ3v) is 6.97. The highest BCUT2D eigenvalue weighted by molar-refractivity contribution is 7.99. The summed E-state index contributed by atoms with van der Waals surface area (Å²) in [5, 5.41) is 10.3. The van der Waals surface area contributed by atoms with Crippen LogP contribution in [0.5, 0.6) is 0 Å². The number of thioether (sulfide) groups is 1. The lowest BCUT2D eigenvalue weighted by atomic mass is 10.1. The number of ketones is 1. The van der Waals surface area contributed by atoms with Crippen molar-refractivity contribution in [1.29, 1.82) is 0 Å². The van der Waals surface area contributed by atoms with Crippen LogP contribution in [0, 0.1) is 13.8 Å². The number of carbonyl (C=O) groups is 1. The summed E-state index contributed by atoms with van der Waals surface area (Å²) in [6.07, 6.45) is 3.30. The van der Waals surface area contributed by atoms with Crippen LogP contribution in [-0.2, 0) is 19.5 Å². The Labute approximate surface area is 186 Å². The number of rotatable bonds is 9. The lowest BCUT2D eigenvalue weighted by Gasteiger charge is -2.10. The van der Waals surface area contributed by atoms with Crippen LogP contribution in [-0.4, -0.2) is 30.9 Å². The maximum absolute atomic E-state index is 13.0. The highest BCUT2D eigenvalue weighted by Gasteiger charge is 2.30. The second-order valence-corrected chi connectivity index (χ2v) is 9.26. The molecular weight excluding hydrogens is 416 g/mol. The van der Waals surface area contributed by atoms with Crippen LogP contribution in [0.15, 0.2) is 35.5 Å². The number of aryl methyl sites for hydroxylation is 2. The summed E-state index contributed by atoms with van der Waals surface area (Å²) in [6.45, 7) is 7.89. The first-order chi connectivity index (χ1) is 14.5. The first kappa shape index (κ1) is 21.2. The second kappa shape index (κ2) is 8.98. The molecule has 0 spiro atoms. The van der Waals surface area contributed by atoms with Gasteiger partial charge in [0.1, 0.15) is 5.82 Å². The molecular formula is C23H27ClN4OS. The Kier molecular flexibility index (Phi) is 6.34. The third-order valence-electron chi connectivity index (χ3n) is 5.75. The summed E-state index contributed by atoms with van der Waals surface area (Å²) in [4.78, 5) is 13.0. The van der Waals surface area contributed by atoms with Crippen LogP contribution >= 0.6 is 23.4 Å². The van der Waals surface area contributed by atoms with Crippen molar-refractivity contribution in [3.63, 3.8) is 0 Å². The van der Waals surface area contributed by atoms with Gasteiger partial charge in [-0.3, -0.25) is 4.79 Å². The largest absolute Gasteiger partial charge is 0.348 e. The van der Waals surface area contributed by atoms with Crippen molar-refractivity contribution in [3.8, 4) is 0 Å². The second-order valence-electron chi connectivity index (χ2n) is 7.88. The van der Waals surface area contributed by atoms with Crippen molar-refractivity contribution in [2.45, 2.75) is 64.2 Å². The van der Waals surface area contributed by atoms with Gasteiger partial charge in [0, 0.05) is 41.0 Å². The Morgan fingerprint density at radius 2 is 1.90 bits per heavy atom. The van der Waals surface area contributed by atoms with Gasteiger partial charge in [-0.05, 0) is 63.8 Å². The molecule has 0 N–H and O–H groups in total. The van der Waals surface area contributed by atoms with E-state index in [1.807, 2.05) is 25.1 Å². The molecule has 1 fully saturated rings. The van der Waals surface area contributed by atoms with Gasteiger partial charge in [0.05, 0.1) is 5.75 Å². The molecule has 0 radical (unpaired) electrons. The molecule has 0 atom stereocenters. The van der Waals surface area contributed by atoms with E-state index in [0.29, 0.717) is 11.7 Å². The lowest BCUT2D eigenvalue weighted by Crippen LogP contribution is -2.09. The van der Waals surface area contributed by atoms with E-state index in [4.69, 9.17) is 11.6 Å². The van der Waals surface area contributed by atoms with Crippen molar-refractivity contribution in [2.24, 2.45) is 0 Å². The molecule has 158 valence electrons. The Hall–Kier alpha value is -2.05. The molecule has 0 saturated heterocycles. The predicted molar refractivity (Wildman–Crippen MR) is 122 cm³/mol. The first-order valence-electron chi connectivity index (χ1n) is 10.5. The SMILES string of the molecule is CCn1c(SCC(=O)c2cc(C)n(CCc3ccc(Cl)cc3)c2C)nnc1C1CC1. The summed E-state index contributed by atoms with van der Waals surface area (Å²) in [6, 6.07) is 9.96. The van der Waals surface area contributed by atoms with E-state index >= 15 is 0 Å². The van der Waals surface area contributed by atoms with Crippen LogP contribution in [0.25, 0.3) is 0 Å². The fourth-order valence-corrected chi connectivity index (χ4v) is 4.89. The van der Waals surface area contributed by atoms with Crippen LogP contribution in [0.3, 0.4) is 0 Å². The summed E-state index contributed by atoms with van der Waals surface area (Å²) in [5.74, 6) is 2.16. The molecule has 1 aliphatic rings. The van der Waals surface area contributed by atoms with Crippen LogP contribution in [0.2, 0.25) is 5.02 Å². The fourth-order valence-electron chi connectivity index (χ4n) is 3.87. The monoisotopic (exact) mass is 442 g/mol. The van der Waals surface area contributed by atoms with Crippen LogP contribution in [0.1, 0.15) is 58.8 Å². The summed E-state index contributed by atoms with van der Waals surface area (Å²) in [7, 11) is 0. The molecule has 2 aromatic heterocycles. The number of Topliss-reactive ketones (excluding diaryl/α,β-unsaturated/α-hetero) is 1. The van der Waals surface area contributed by atoms with Crippen molar-refractivity contribution in [2.75, 3.05) is 5.75 Å². The molecule has 1 aromatic carbocycles. The highest BCUT2D eigenvalue weighted by Crippen LogP contribution is 2.40. The Morgan fingerprint density at radius 3 is 2.57 bits per heavy atom. The molecule has 1 aliphatic carbocycles. The van der Waals surface area contributed by atoms with Crippen LogP contribution in [0.4, 0.5) is 0 Å². The summed E-state index contributed by atoms with van der Waals surface area (Å²) in [5.41, 5.74) is 4.19. The standard InChI is InChI=1S/C23H27ClN4OS/c1-4-27-22(18-7-8-18)25-26-23(27)30-14-21(29)20-13-15(2)28(16(20)3)12-11-17-5-9-19(24)10-6-17/h5-6,9-10,13,18H,4,7-8,11-12,14H2,1-3H3. The topological polar surface area (TPSA) is 52.7 Å². The zero-order valence-corrected chi connectivity index (χ0v) is 19.3. The van der Waals surface area contributed by atoms with Gasteiger partial charge in [0.2, 0.25) is 0 Å². The van der Waals surface area contributed by atoms with E-state index in [-0.39, 0.29) is 5.78 Å². The van der Waals surface area contributed by atoms with E-state index in [9.17, 15) is 4.79 Å². The van der Waals surface area contributed by atoms with Crippen molar-refractivity contribution >= 4 is 29.1 Å². The molecule has 7 heteroatoms. The number of hydrogen-bond donors (Lipinski definition) is 0. The maximum Gasteiger partial charge on any atom is 0.191 e. The molecule has 0 bridgehead atoms. The molecule has 3 aromatic rings. The fraction of sp³-hybridized carbons (Fsp3) is 0.435. The maximum atomic E-state index is 13.0. The summed E-state index contributed by atoms with van der Waals surface area (Å²) >= 11 is 7.47. The normalized spacial score (nSPS) is 13.7. The Morgan fingerprint density at radius 1 is 1.17 bits per heavy atom. The van der Waals surface area contributed by atoms with Crippen molar-refractivity contribution in [3.05, 3.63) is 63.7 Å². The minimum Gasteiger partial charge on any atom is -0.348 e. The van der Waals surface area contributed by atoms with Gasteiger partial charge < -0.3 is 9.13 Å². The molecule has 30 heavy (non-hydrogen) atoms. The average Bonchev–Trinajstić information content (AvgIpc) is 3.44. The van der Waals surface area contributed by atoms with Gasteiger partial charge in [-0.1, -0.05) is 35.5 Å². The number of hydrogen-bond acceptors (Lipinski definition) is 4. The molecule has 0 unspecified atom stereocenters. The van der Waals surface area contributed by atoms with Gasteiger partial charge in [0.25, 0.3) is 0 Å². The van der Waals surface area contributed by atoms with E-state index in [1.54, 1.807) is 0 Å².